The summed E-state index contributed by atoms with van der Waals surface area (Å²) in [4.78, 5) is 48.7. The molecule has 2 aromatic carbocycles. The molecule has 10 heteroatoms. The summed E-state index contributed by atoms with van der Waals surface area (Å²) in [5.74, 6) is -2.38. The zero-order valence-corrected chi connectivity index (χ0v) is 17.3. The van der Waals surface area contributed by atoms with Crippen LogP contribution in [0.1, 0.15) is 16.8 Å². The molecule has 31 heavy (non-hydrogen) atoms. The molecule has 1 fully saturated rings. The highest BCUT2D eigenvalue weighted by Crippen LogP contribution is 2.20. The Morgan fingerprint density at radius 3 is 2.52 bits per heavy atom. The first-order valence-electron chi connectivity index (χ1n) is 9.34. The van der Waals surface area contributed by atoms with E-state index in [1.807, 2.05) is 0 Å². The van der Waals surface area contributed by atoms with Gasteiger partial charge >= 0.3 is 5.97 Å². The number of anilines is 1. The van der Waals surface area contributed by atoms with Crippen LogP contribution in [-0.2, 0) is 19.1 Å². The second kappa shape index (κ2) is 9.94. The van der Waals surface area contributed by atoms with E-state index in [1.54, 1.807) is 42.5 Å². The van der Waals surface area contributed by atoms with Crippen LogP contribution in [-0.4, -0.2) is 49.0 Å². The van der Waals surface area contributed by atoms with Gasteiger partial charge < -0.3 is 14.8 Å². The van der Waals surface area contributed by atoms with E-state index in [2.05, 4.69) is 10.7 Å². The van der Waals surface area contributed by atoms with Crippen molar-refractivity contribution in [2.75, 3.05) is 25.6 Å². The molecule has 0 unspecified atom stereocenters. The van der Waals surface area contributed by atoms with Crippen molar-refractivity contribution in [3.63, 3.8) is 0 Å². The molecule has 1 atom stereocenters. The molecule has 1 heterocycles. The fourth-order valence-electron chi connectivity index (χ4n) is 2.93. The predicted octanol–water partition coefficient (Wildman–Crippen LogP) is 2.02. The number of rotatable bonds is 7. The average molecular weight is 446 g/mol. The molecule has 3 amide bonds. The zero-order chi connectivity index (χ0) is 22.4. The number of nitrogens with zero attached hydrogens (tertiary/aromatic N) is 1. The number of carbonyl (C=O) groups excluding carboxylic acids is 4. The maximum Gasteiger partial charge on any atom is 0.311 e. The minimum atomic E-state index is -0.798. The van der Waals surface area contributed by atoms with Gasteiger partial charge in [0.15, 0.2) is 6.61 Å². The van der Waals surface area contributed by atoms with Gasteiger partial charge in [-0.1, -0.05) is 23.7 Å². The number of nitrogens with one attached hydrogen (secondary N) is 2. The van der Waals surface area contributed by atoms with Gasteiger partial charge in [0.05, 0.1) is 30.2 Å². The molecule has 1 saturated heterocycles. The van der Waals surface area contributed by atoms with Crippen LogP contribution in [0, 0.1) is 5.92 Å². The van der Waals surface area contributed by atoms with Crippen molar-refractivity contribution in [2.24, 2.45) is 5.92 Å². The van der Waals surface area contributed by atoms with Crippen LogP contribution in [0.25, 0.3) is 0 Å². The molecule has 1 aliphatic rings. The molecule has 162 valence electrons. The highest BCUT2D eigenvalue weighted by Gasteiger charge is 2.36. The van der Waals surface area contributed by atoms with E-state index >= 15 is 0 Å². The number of methoxy groups -OCH3 is 1. The number of hydrogen-bond donors (Lipinski definition) is 2. The number of hydrogen-bond acceptors (Lipinski definition) is 6. The van der Waals surface area contributed by atoms with Gasteiger partial charge in [-0.05, 0) is 36.4 Å². The molecule has 0 spiro atoms. The lowest BCUT2D eigenvalue weighted by Crippen LogP contribution is -2.43. The Morgan fingerprint density at radius 1 is 1.13 bits per heavy atom. The predicted molar refractivity (Wildman–Crippen MR) is 111 cm³/mol. The normalized spacial score (nSPS) is 15.4. The van der Waals surface area contributed by atoms with Gasteiger partial charge in [0.1, 0.15) is 5.75 Å². The molecule has 0 bridgehead atoms. The molecule has 2 N–H and O–H groups in total. The second-order valence-corrected chi connectivity index (χ2v) is 7.12. The molecule has 9 nitrogen and oxygen atoms in total. The molecule has 3 rings (SSSR count). The first kappa shape index (κ1) is 22.1. The minimum absolute atomic E-state index is 0.0615. The fraction of sp³-hybridized carbons (Fsp3) is 0.238. The standard InChI is InChI=1S/C21H20ClN3O6/c1-30-15-8-6-14(7-9-15)23-18(26)12-31-21(29)13-10-19(27)25(11-13)24-20(28)16-4-2-3-5-17(16)22/h2-9,13H,10-12H2,1H3,(H,23,26)(H,24,28)/t13-/m1/s1. The van der Waals surface area contributed by atoms with Crippen molar-refractivity contribution in [2.45, 2.75) is 6.42 Å². The van der Waals surface area contributed by atoms with Crippen molar-refractivity contribution >= 4 is 41.0 Å². The van der Waals surface area contributed by atoms with Gasteiger partial charge in [0.2, 0.25) is 5.91 Å². The largest absolute Gasteiger partial charge is 0.497 e. The van der Waals surface area contributed by atoms with E-state index < -0.39 is 36.2 Å². The lowest BCUT2D eigenvalue weighted by molar-refractivity contribution is -0.151. The first-order chi connectivity index (χ1) is 14.9. The number of hydrazine groups is 1. The zero-order valence-electron chi connectivity index (χ0n) is 16.6. The van der Waals surface area contributed by atoms with Crippen LogP contribution in [0.4, 0.5) is 5.69 Å². The van der Waals surface area contributed by atoms with Gasteiger partial charge in [-0.2, -0.15) is 0 Å². The summed E-state index contributed by atoms with van der Waals surface area (Å²) < 4.78 is 10.1. The average Bonchev–Trinajstić information content (AvgIpc) is 3.13. The minimum Gasteiger partial charge on any atom is -0.497 e. The Kier molecular flexibility index (Phi) is 7.09. The van der Waals surface area contributed by atoms with E-state index in [4.69, 9.17) is 21.1 Å². The Bertz CT molecular complexity index is 995. The Labute approximate surface area is 183 Å². The third-order valence-electron chi connectivity index (χ3n) is 4.53. The van der Waals surface area contributed by atoms with E-state index in [0.717, 1.165) is 5.01 Å². The number of ether oxygens (including phenoxy) is 2. The van der Waals surface area contributed by atoms with Crippen molar-refractivity contribution in [3.05, 3.63) is 59.1 Å². The van der Waals surface area contributed by atoms with E-state index in [0.29, 0.717) is 11.4 Å². The third kappa shape index (κ3) is 5.73. The number of halogens is 1. The SMILES string of the molecule is COc1ccc(NC(=O)COC(=O)[C@@H]2CC(=O)N(NC(=O)c3ccccc3Cl)C2)cc1. The fourth-order valence-corrected chi connectivity index (χ4v) is 3.15. The van der Waals surface area contributed by atoms with E-state index in [-0.39, 0.29) is 23.6 Å². The monoisotopic (exact) mass is 445 g/mol. The maximum atomic E-state index is 12.3. The van der Waals surface area contributed by atoms with Crippen molar-refractivity contribution in [1.29, 1.82) is 0 Å². The highest BCUT2D eigenvalue weighted by atomic mass is 35.5. The summed E-state index contributed by atoms with van der Waals surface area (Å²) in [5.41, 5.74) is 3.17. The van der Waals surface area contributed by atoms with Gasteiger partial charge in [0, 0.05) is 12.1 Å². The molecule has 1 aliphatic heterocycles. The van der Waals surface area contributed by atoms with Gasteiger partial charge in [-0.15, -0.1) is 0 Å². The van der Waals surface area contributed by atoms with Crippen molar-refractivity contribution in [3.8, 4) is 5.75 Å². The Morgan fingerprint density at radius 2 is 1.84 bits per heavy atom. The second-order valence-electron chi connectivity index (χ2n) is 6.71. The Balaban J connectivity index is 1.47. The quantitative estimate of drug-likeness (QED) is 0.630. The van der Waals surface area contributed by atoms with Gasteiger partial charge in [0.25, 0.3) is 11.8 Å². The maximum absolute atomic E-state index is 12.3. The lowest BCUT2D eigenvalue weighted by Gasteiger charge is -2.18. The molecule has 2 aromatic rings. The summed E-state index contributed by atoms with van der Waals surface area (Å²) >= 11 is 5.98. The van der Waals surface area contributed by atoms with E-state index in [1.165, 1.54) is 13.2 Å². The summed E-state index contributed by atoms with van der Waals surface area (Å²) in [6.45, 7) is -0.560. The molecular formula is C21H20ClN3O6. The lowest BCUT2D eigenvalue weighted by atomic mass is 10.1. The smallest absolute Gasteiger partial charge is 0.311 e. The van der Waals surface area contributed by atoms with Crippen LogP contribution in [0.3, 0.4) is 0 Å². The summed E-state index contributed by atoms with van der Waals surface area (Å²) in [6.07, 6.45) is -0.137. The third-order valence-corrected chi connectivity index (χ3v) is 4.86. The van der Waals surface area contributed by atoms with Crippen LogP contribution < -0.4 is 15.5 Å². The molecule has 0 radical (unpaired) electrons. The number of esters is 1. The summed E-state index contributed by atoms with van der Waals surface area (Å²) in [7, 11) is 1.53. The first-order valence-corrected chi connectivity index (χ1v) is 9.71. The number of carbonyl (C=O) groups is 4. The summed E-state index contributed by atoms with van der Waals surface area (Å²) in [6, 6.07) is 13.0. The van der Waals surface area contributed by atoms with Crippen LogP contribution >= 0.6 is 11.6 Å². The van der Waals surface area contributed by atoms with E-state index in [9.17, 15) is 19.2 Å². The van der Waals surface area contributed by atoms with Crippen LogP contribution in [0.2, 0.25) is 5.02 Å². The molecule has 0 aromatic heterocycles. The van der Waals surface area contributed by atoms with Crippen LogP contribution in [0.5, 0.6) is 5.75 Å². The molecular weight excluding hydrogens is 426 g/mol. The Hall–Kier alpha value is -3.59. The topological polar surface area (TPSA) is 114 Å². The molecule has 0 saturated carbocycles. The number of amides is 3. The van der Waals surface area contributed by atoms with Gasteiger partial charge in [-0.3, -0.25) is 29.6 Å². The number of benzene rings is 2. The molecule has 0 aliphatic carbocycles. The summed E-state index contributed by atoms with van der Waals surface area (Å²) in [5, 5.41) is 3.88. The van der Waals surface area contributed by atoms with Gasteiger partial charge in [-0.25, -0.2) is 0 Å². The van der Waals surface area contributed by atoms with Crippen LogP contribution in [0.15, 0.2) is 48.5 Å². The van der Waals surface area contributed by atoms with Crippen molar-refractivity contribution in [1.82, 2.24) is 10.4 Å². The highest BCUT2D eigenvalue weighted by molar-refractivity contribution is 6.33. The van der Waals surface area contributed by atoms with Crippen molar-refractivity contribution < 1.29 is 28.7 Å².